The van der Waals surface area contributed by atoms with E-state index >= 15 is 0 Å². The average Bonchev–Trinajstić information content (AvgIpc) is 3.53. The SMILES string of the molecule is c1ccc(COC[C@H]2O[C@@H](CS[C@@H]3O[C@H](COCc4ccccc4)[C@@H](OCc4ccccc4)[C@H](OCc4ccccc4)[C@H]3OCc3ccccc3)[C@H](OCc3ccccc3)[C@@H](OCc3ccccc3)[C@@H]2OCc2ccccc2)cc1. The van der Waals surface area contributed by atoms with Crippen molar-refractivity contribution in [2.45, 2.75) is 113 Å². The van der Waals surface area contributed by atoms with Crippen molar-refractivity contribution in [1.29, 1.82) is 0 Å². The maximum atomic E-state index is 7.39. The molecule has 2 aliphatic rings. The van der Waals surface area contributed by atoms with Crippen LogP contribution in [0.1, 0.15) is 44.5 Å². The van der Waals surface area contributed by atoms with Crippen molar-refractivity contribution in [2.75, 3.05) is 19.0 Å². The third-order valence-electron chi connectivity index (χ3n) is 14.2. The Kier molecular flexibility index (Phi) is 22.1. The molecule has 10 rings (SSSR count). The van der Waals surface area contributed by atoms with E-state index in [9.17, 15) is 0 Å². The number of thioether (sulfide) groups is 1. The highest BCUT2D eigenvalue weighted by atomic mass is 32.2. The minimum absolute atomic E-state index is 0.238. The Morgan fingerprint density at radius 1 is 0.250 bits per heavy atom. The molecule has 8 aromatic rings. The zero-order chi connectivity index (χ0) is 54.2. The normalized spacial score (nSPS) is 22.9. The molecule has 2 saturated heterocycles. The molecule has 2 aliphatic heterocycles. The average molecular weight is 1090 g/mol. The number of benzene rings is 8. The van der Waals surface area contributed by atoms with E-state index in [0.717, 1.165) is 44.5 Å². The smallest absolute Gasteiger partial charge is 0.132 e. The van der Waals surface area contributed by atoms with Gasteiger partial charge in [0.05, 0.1) is 72.2 Å². The first-order chi connectivity index (χ1) is 39.7. The van der Waals surface area contributed by atoms with Gasteiger partial charge in [-0.25, -0.2) is 0 Å². The first kappa shape index (κ1) is 57.0. The summed E-state index contributed by atoms with van der Waals surface area (Å²) in [6.45, 7) is 3.24. The molecule has 10 atom stereocenters. The molecular formula is C69H72O10S. The summed E-state index contributed by atoms with van der Waals surface area (Å²) in [5, 5.41) is 0. The fourth-order valence-corrected chi connectivity index (χ4v) is 11.4. The molecule has 80 heavy (non-hydrogen) atoms. The highest BCUT2D eigenvalue weighted by Crippen LogP contribution is 2.39. The van der Waals surface area contributed by atoms with Gasteiger partial charge in [0.25, 0.3) is 0 Å². The molecule has 2 fully saturated rings. The van der Waals surface area contributed by atoms with Gasteiger partial charge in [-0.1, -0.05) is 243 Å². The van der Waals surface area contributed by atoms with Crippen LogP contribution in [0.25, 0.3) is 0 Å². The topological polar surface area (TPSA) is 92.3 Å². The summed E-state index contributed by atoms with van der Waals surface area (Å²) < 4.78 is 70.6. The Balaban J connectivity index is 1.00. The van der Waals surface area contributed by atoms with Gasteiger partial charge in [-0.15, -0.1) is 11.8 Å². The zero-order valence-corrected chi connectivity index (χ0v) is 46.0. The van der Waals surface area contributed by atoms with E-state index in [0.29, 0.717) is 58.6 Å². The van der Waals surface area contributed by atoms with Crippen molar-refractivity contribution >= 4 is 11.8 Å². The summed E-state index contributed by atoms with van der Waals surface area (Å²) in [6, 6.07) is 81.7. The fourth-order valence-electron chi connectivity index (χ4n) is 10.1. The second-order valence-electron chi connectivity index (χ2n) is 20.2. The Hall–Kier alpha value is -6.29. The number of hydrogen-bond donors (Lipinski definition) is 0. The van der Waals surface area contributed by atoms with Crippen molar-refractivity contribution in [1.82, 2.24) is 0 Å². The van der Waals surface area contributed by atoms with Gasteiger partial charge in [-0.3, -0.25) is 0 Å². The minimum Gasteiger partial charge on any atom is -0.374 e. The van der Waals surface area contributed by atoms with Crippen molar-refractivity contribution in [2.24, 2.45) is 0 Å². The molecule has 414 valence electrons. The van der Waals surface area contributed by atoms with Crippen LogP contribution in [0.4, 0.5) is 0 Å². The summed E-state index contributed by atoms with van der Waals surface area (Å²) >= 11 is 1.62. The summed E-state index contributed by atoms with van der Waals surface area (Å²) in [4.78, 5) is 0. The molecule has 0 spiro atoms. The van der Waals surface area contributed by atoms with Crippen molar-refractivity contribution in [3.05, 3.63) is 287 Å². The van der Waals surface area contributed by atoms with Crippen LogP contribution in [0.3, 0.4) is 0 Å². The molecule has 8 aromatic carbocycles. The van der Waals surface area contributed by atoms with Crippen LogP contribution >= 0.6 is 11.8 Å². The van der Waals surface area contributed by atoms with Crippen molar-refractivity contribution in [3.63, 3.8) is 0 Å². The van der Waals surface area contributed by atoms with E-state index in [1.54, 1.807) is 11.8 Å². The molecule has 11 heteroatoms. The molecule has 0 unspecified atom stereocenters. The van der Waals surface area contributed by atoms with Crippen LogP contribution in [0.15, 0.2) is 243 Å². The molecule has 0 N–H and O–H groups in total. The fraction of sp³-hybridized carbons (Fsp3) is 0.304. The van der Waals surface area contributed by atoms with Gasteiger partial charge in [0.1, 0.15) is 54.3 Å². The predicted molar refractivity (Wildman–Crippen MR) is 312 cm³/mol. The Bertz CT molecular complexity index is 2710. The maximum absolute atomic E-state index is 7.39. The highest BCUT2D eigenvalue weighted by molar-refractivity contribution is 7.99. The second-order valence-corrected chi connectivity index (χ2v) is 21.3. The molecule has 0 aromatic heterocycles. The van der Waals surface area contributed by atoms with E-state index in [1.807, 2.05) is 146 Å². The zero-order valence-electron chi connectivity index (χ0n) is 45.1. The lowest BCUT2D eigenvalue weighted by Gasteiger charge is -2.48. The molecule has 0 bridgehead atoms. The first-order valence-electron chi connectivity index (χ1n) is 27.8. The molecule has 2 heterocycles. The number of rotatable bonds is 29. The first-order valence-corrected chi connectivity index (χ1v) is 28.8. The van der Waals surface area contributed by atoms with Crippen LogP contribution in [0, 0.1) is 0 Å². The monoisotopic (exact) mass is 1090 g/mol. The lowest BCUT2D eigenvalue weighted by molar-refractivity contribution is -0.268. The van der Waals surface area contributed by atoms with E-state index in [1.165, 1.54) is 0 Å². The third kappa shape index (κ3) is 17.1. The predicted octanol–water partition coefficient (Wildman–Crippen LogP) is 13.2. The van der Waals surface area contributed by atoms with Gasteiger partial charge in [-0.2, -0.15) is 0 Å². The summed E-state index contributed by atoms with van der Waals surface area (Å²) in [6.07, 6.45) is -5.28. The molecule has 0 radical (unpaired) electrons. The second kappa shape index (κ2) is 31.1. The summed E-state index contributed by atoms with van der Waals surface area (Å²) in [5.41, 5.74) is 7.71. The van der Waals surface area contributed by atoms with Crippen LogP contribution in [0.5, 0.6) is 0 Å². The van der Waals surface area contributed by atoms with Gasteiger partial charge < -0.3 is 47.4 Å². The largest absolute Gasteiger partial charge is 0.374 e. The van der Waals surface area contributed by atoms with E-state index in [4.69, 9.17) is 47.4 Å². The quantitative estimate of drug-likeness (QED) is 0.0449. The molecule has 0 amide bonds. The Morgan fingerprint density at radius 3 is 0.800 bits per heavy atom. The third-order valence-corrected chi connectivity index (χ3v) is 15.5. The van der Waals surface area contributed by atoms with Gasteiger partial charge in [0, 0.05) is 5.75 Å². The van der Waals surface area contributed by atoms with Gasteiger partial charge in [0.2, 0.25) is 0 Å². The van der Waals surface area contributed by atoms with E-state index in [2.05, 4.69) is 97.1 Å². The van der Waals surface area contributed by atoms with Crippen LogP contribution in [-0.2, 0) is 100 Å². The highest BCUT2D eigenvalue weighted by Gasteiger charge is 2.52. The molecular weight excluding hydrogens is 1020 g/mol. The van der Waals surface area contributed by atoms with Crippen LogP contribution in [0.2, 0.25) is 0 Å². The number of hydrogen-bond acceptors (Lipinski definition) is 11. The molecule has 10 nitrogen and oxygen atoms in total. The van der Waals surface area contributed by atoms with Gasteiger partial charge >= 0.3 is 0 Å². The lowest BCUT2D eigenvalue weighted by Crippen LogP contribution is -2.62. The Labute approximate surface area is 476 Å². The van der Waals surface area contributed by atoms with Crippen molar-refractivity contribution < 1.29 is 47.4 Å². The van der Waals surface area contributed by atoms with Crippen LogP contribution < -0.4 is 0 Å². The van der Waals surface area contributed by atoms with Crippen molar-refractivity contribution in [3.8, 4) is 0 Å². The molecule has 0 aliphatic carbocycles. The Morgan fingerprint density at radius 2 is 0.487 bits per heavy atom. The summed E-state index contributed by atoms with van der Waals surface area (Å²) in [5.74, 6) is 0.416. The van der Waals surface area contributed by atoms with Crippen LogP contribution in [-0.4, -0.2) is 79.3 Å². The molecule has 0 saturated carbocycles. The maximum Gasteiger partial charge on any atom is 0.132 e. The lowest BCUT2D eigenvalue weighted by atomic mass is 9.94. The summed E-state index contributed by atoms with van der Waals surface area (Å²) in [7, 11) is 0. The standard InChI is InChI=1S/C69H72O10S/c1-9-25-52(26-10-1)41-70-49-60-63(72-43-54-29-13-3-14-30-54)66(75-46-57-35-19-6-20-36-57)65(74-45-56-33-17-5-18-34-56)62(78-60)51-80-69-68(77-48-59-39-23-8-24-40-59)67(76-47-58-37-21-7-22-38-58)64(73-44-55-31-15-4-16-32-55)61(79-69)50-71-42-53-27-11-2-12-28-53/h1-40,60-69H,41-51H2/t60-,61-,62+,63-,64-,65+,66+,67+,68-,69+/m1/s1. The van der Waals surface area contributed by atoms with E-state index < -0.39 is 60.4 Å². The van der Waals surface area contributed by atoms with Gasteiger partial charge in [-0.05, 0) is 44.5 Å². The minimum atomic E-state index is -0.626. The number of ether oxygens (including phenoxy) is 10. The van der Waals surface area contributed by atoms with Gasteiger partial charge in [0.15, 0.2) is 0 Å². The van der Waals surface area contributed by atoms with E-state index in [-0.39, 0.29) is 13.2 Å².